The highest BCUT2D eigenvalue weighted by Gasteiger charge is 2.49. The Morgan fingerprint density at radius 2 is 1.91 bits per heavy atom. The van der Waals surface area contributed by atoms with Crippen molar-refractivity contribution in [2.45, 2.75) is 76.9 Å². The number of carbonyl (C=O) groups excluding carboxylic acids is 3. The maximum absolute atomic E-state index is 13.7. The van der Waals surface area contributed by atoms with E-state index >= 15 is 0 Å². The lowest BCUT2D eigenvalue weighted by molar-refractivity contribution is -0.137. The molecule has 3 aliphatic rings. The van der Waals surface area contributed by atoms with Crippen LogP contribution in [0.2, 0.25) is 0 Å². The molecule has 3 amide bonds. The molecule has 2 saturated heterocycles. The van der Waals surface area contributed by atoms with Gasteiger partial charge in [0.2, 0.25) is 11.8 Å². The van der Waals surface area contributed by atoms with Crippen LogP contribution in [0.5, 0.6) is 0 Å². The van der Waals surface area contributed by atoms with Crippen LogP contribution in [0.1, 0.15) is 69.3 Å². The van der Waals surface area contributed by atoms with Gasteiger partial charge in [-0.05, 0) is 44.6 Å². The van der Waals surface area contributed by atoms with E-state index in [1.165, 1.54) is 24.7 Å². The summed E-state index contributed by atoms with van der Waals surface area (Å²) >= 11 is 1.24. The molecule has 1 saturated carbocycles. The molecule has 3 atom stereocenters. The molecule has 0 aromatic carbocycles. The first-order chi connectivity index (χ1) is 15.4. The summed E-state index contributed by atoms with van der Waals surface area (Å²) in [5, 5.41) is 4.76. The normalized spacial score (nSPS) is 26.6. The smallest absolute Gasteiger partial charge is 0.274 e. The SMILES string of the molecule is CCN1CCC(N(C)C(=O)[C@@H]2C[C@@H]3CCCC[C@@H]3N2C(=O)c2csc(NC(C)=O)n2)CC1. The Hall–Kier alpha value is -2.00. The first-order valence-electron chi connectivity index (χ1n) is 11.9. The second-order valence-electron chi connectivity index (χ2n) is 9.41. The monoisotopic (exact) mass is 461 g/mol. The van der Waals surface area contributed by atoms with Crippen LogP contribution in [0.4, 0.5) is 5.13 Å². The lowest BCUT2D eigenvalue weighted by Crippen LogP contribution is -2.53. The number of rotatable bonds is 5. The average molecular weight is 462 g/mol. The second-order valence-corrected chi connectivity index (χ2v) is 10.3. The standard InChI is InChI=1S/C23H35N5O3S/c1-4-27-11-9-17(10-12-27)26(3)22(31)20-13-16-7-5-6-8-19(16)28(20)21(30)18-14-32-23(25-18)24-15(2)29/h14,16-17,19-20H,4-13H2,1-3H3,(H,24,25,29)/t16-,19-,20-/m0/s1. The molecule has 4 rings (SSSR count). The Labute approximate surface area is 194 Å². The number of likely N-dealkylation sites (N-methyl/N-ethyl adjacent to an activating group) is 1. The van der Waals surface area contributed by atoms with Crippen molar-refractivity contribution < 1.29 is 14.4 Å². The number of amides is 3. The fourth-order valence-electron chi connectivity index (χ4n) is 5.72. The van der Waals surface area contributed by atoms with Gasteiger partial charge in [0.05, 0.1) is 0 Å². The number of piperidine rings is 1. The van der Waals surface area contributed by atoms with Crippen molar-refractivity contribution in [1.29, 1.82) is 0 Å². The number of nitrogens with one attached hydrogen (secondary N) is 1. The number of thiazole rings is 1. The third-order valence-electron chi connectivity index (χ3n) is 7.51. The first-order valence-corrected chi connectivity index (χ1v) is 12.8. The van der Waals surface area contributed by atoms with Crippen molar-refractivity contribution in [1.82, 2.24) is 19.7 Å². The van der Waals surface area contributed by atoms with Gasteiger partial charge in [-0.1, -0.05) is 19.8 Å². The summed E-state index contributed by atoms with van der Waals surface area (Å²) in [7, 11) is 1.91. The number of hydrogen-bond donors (Lipinski definition) is 1. The van der Waals surface area contributed by atoms with Crippen LogP contribution in [-0.4, -0.2) is 82.2 Å². The molecule has 0 unspecified atom stereocenters. The highest BCUT2D eigenvalue weighted by molar-refractivity contribution is 7.14. The highest BCUT2D eigenvalue weighted by Crippen LogP contribution is 2.41. The largest absolute Gasteiger partial charge is 0.341 e. The molecule has 32 heavy (non-hydrogen) atoms. The molecule has 8 nitrogen and oxygen atoms in total. The average Bonchev–Trinajstić information content (AvgIpc) is 3.42. The molecule has 1 aliphatic carbocycles. The van der Waals surface area contributed by atoms with E-state index in [9.17, 15) is 14.4 Å². The number of aromatic nitrogens is 1. The quantitative estimate of drug-likeness (QED) is 0.729. The zero-order chi connectivity index (χ0) is 22.8. The van der Waals surface area contributed by atoms with Gasteiger partial charge >= 0.3 is 0 Å². The lowest BCUT2D eigenvalue weighted by atomic mass is 9.84. The fourth-order valence-corrected chi connectivity index (χ4v) is 6.45. The van der Waals surface area contributed by atoms with Gasteiger partial charge in [-0.2, -0.15) is 0 Å². The molecule has 2 aliphatic heterocycles. The topological polar surface area (TPSA) is 85.9 Å². The Kier molecular flexibility index (Phi) is 7.14. The fraction of sp³-hybridized carbons (Fsp3) is 0.739. The molecule has 9 heteroatoms. The van der Waals surface area contributed by atoms with E-state index in [2.05, 4.69) is 22.1 Å². The number of hydrogen-bond acceptors (Lipinski definition) is 6. The zero-order valence-corrected chi connectivity index (χ0v) is 20.2. The predicted molar refractivity (Wildman–Crippen MR) is 125 cm³/mol. The second kappa shape index (κ2) is 9.87. The zero-order valence-electron chi connectivity index (χ0n) is 19.4. The number of likely N-dealkylation sites (tertiary alicyclic amines) is 2. The molecule has 1 N–H and O–H groups in total. The molecule has 0 bridgehead atoms. The van der Waals surface area contributed by atoms with Crippen LogP contribution in [0.3, 0.4) is 0 Å². The molecule has 3 fully saturated rings. The van der Waals surface area contributed by atoms with Crippen molar-refractivity contribution >= 4 is 34.2 Å². The van der Waals surface area contributed by atoms with Gasteiger partial charge in [0.15, 0.2) is 5.13 Å². The predicted octanol–water partition coefficient (Wildman–Crippen LogP) is 2.82. The van der Waals surface area contributed by atoms with Crippen molar-refractivity contribution in [3.05, 3.63) is 11.1 Å². The molecule has 176 valence electrons. The van der Waals surface area contributed by atoms with Crippen molar-refractivity contribution in [3.63, 3.8) is 0 Å². The molecule has 1 aromatic rings. The minimum atomic E-state index is -0.421. The number of anilines is 1. The van der Waals surface area contributed by atoms with E-state index in [1.807, 2.05) is 16.8 Å². The molecule has 3 heterocycles. The van der Waals surface area contributed by atoms with Gasteiger partial charge in [0.25, 0.3) is 5.91 Å². The number of nitrogens with zero attached hydrogens (tertiary/aromatic N) is 4. The third kappa shape index (κ3) is 4.69. The molecule has 0 radical (unpaired) electrons. The summed E-state index contributed by atoms with van der Waals surface area (Å²) in [4.78, 5) is 49.1. The minimum absolute atomic E-state index is 0.0695. The molecular weight excluding hydrogens is 426 g/mol. The first kappa shape index (κ1) is 23.2. The summed E-state index contributed by atoms with van der Waals surface area (Å²) in [6, 6.07) is -0.0855. The number of fused-ring (bicyclic) bond motifs is 1. The van der Waals surface area contributed by atoms with Gasteiger partial charge in [-0.25, -0.2) is 4.98 Å². The van der Waals surface area contributed by atoms with E-state index in [1.54, 1.807) is 5.38 Å². The maximum Gasteiger partial charge on any atom is 0.274 e. The Morgan fingerprint density at radius 1 is 1.19 bits per heavy atom. The Bertz CT molecular complexity index is 850. The van der Waals surface area contributed by atoms with E-state index in [0.717, 1.165) is 58.2 Å². The van der Waals surface area contributed by atoms with Crippen LogP contribution in [0.15, 0.2) is 5.38 Å². The molecular formula is C23H35N5O3S. The van der Waals surface area contributed by atoms with Crippen molar-refractivity contribution in [2.75, 3.05) is 32.0 Å². The third-order valence-corrected chi connectivity index (χ3v) is 8.27. The van der Waals surface area contributed by atoms with E-state index in [-0.39, 0.29) is 29.8 Å². The Balaban J connectivity index is 1.53. The summed E-state index contributed by atoms with van der Waals surface area (Å²) < 4.78 is 0. The van der Waals surface area contributed by atoms with Gasteiger partial charge in [-0.15, -0.1) is 11.3 Å². The van der Waals surface area contributed by atoms with Gasteiger partial charge < -0.3 is 20.0 Å². The Morgan fingerprint density at radius 3 is 2.59 bits per heavy atom. The van der Waals surface area contributed by atoms with Crippen LogP contribution in [-0.2, 0) is 9.59 Å². The van der Waals surface area contributed by atoms with Crippen LogP contribution >= 0.6 is 11.3 Å². The van der Waals surface area contributed by atoms with Gasteiger partial charge in [0.1, 0.15) is 11.7 Å². The van der Waals surface area contributed by atoms with Gasteiger partial charge in [-0.3, -0.25) is 14.4 Å². The van der Waals surface area contributed by atoms with E-state index in [0.29, 0.717) is 16.7 Å². The summed E-state index contributed by atoms with van der Waals surface area (Å²) in [6.45, 7) is 6.68. The minimum Gasteiger partial charge on any atom is -0.341 e. The van der Waals surface area contributed by atoms with Crippen LogP contribution in [0, 0.1) is 5.92 Å². The molecule has 0 spiro atoms. The highest BCUT2D eigenvalue weighted by atomic mass is 32.1. The number of carbonyl (C=O) groups is 3. The van der Waals surface area contributed by atoms with Crippen molar-refractivity contribution in [2.24, 2.45) is 5.92 Å². The van der Waals surface area contributed by atoms with Crippen LogP contribution < -0.4 is 5.32 Å². The van der Waals surface area contributed by atoms with Crippen molar-refractivity contribution in [3.8, 4) is 0 Å². The summed E-state index contributed by atoms with van der Waals surface area (Å²) in [6.07, 6.45) is 6.98. The summed E-state index contributed by atoms with van der Waals surface area (Å²) in [5.74, 6) is 0.0564. The van der Waals surface area contributed by atoms with Crippen LogP contribution in [0.25, 0.3) is 0 Å². The maximum atomic E-state index is 13.7. The summed E-state index contributed by atoms with van der Waals surface area (Å²) in [5.41, 5.74) is 0.321. The van der Waals surface area contributed by atoms with E-state index in [4.69, 9.17) is 0 Å². The lowest BCUT2D eigenvalue weighted by Gasteiger charge is -2.39. The van der Waals surface area contributed by atoms with Gasteiger partial charge in [0, 0.05) is 44.5 Å². The molecule has 1 aromatic heterocycles. The van der Waals surface area contributed by atoms with E-state index < -0.39 is 6.04 Å².